The number of nitrogen functional groups attached to an aromatic ring is 1. The van der Waals surface area contributed by atoms with Crippen LogP contribution in [0.4, 0.5) is 17.1 Å². The second kappa shape index (κ2) is 4.77. The third-order valence-electron chi connectivity index (χ3n) is 3.28. The van der Waals surface area contributed by atoms with E-state index in [1.54, 1.807) is 13.3 Å². The highest BCUT2D eigenvalue weighted by atomic mass is 16.5. The van der Waals surface area contributed by atoms with Gasteiger partial charge < -0.3 is 15.8 Å². The van der Waals surface area contributed by atoms with Crippen molar-refractivity contribution in [2.45, 2.75) is 6.92 Å². The second-order valence-corrected chi connectivity index (χ2v) is 4.71. The van der Waals surface area contributed by atoms with Gasteiger partial charge in [0, 0.05) is 11.1 Å². The summed E-state index contributed by atoms with van der Waals surface area (Å²) in [6, 6.07) is 9.77. The molecule has 5 nitrogen and oxygen atoms in total. The fourth-order valence-corrected chi connectivity index (χ4v) is 2.23. The molecule has 102 valence electrons. The molecule has 0 saturated heterocycles. The summed E-state index contributed by atoms with van der Waals surface area (Å²) in [5, 5.41) is 11.3. The number of fused-ring (bicyclic) bond motifs is 1. The minimum Gasteiger partial charge on any atom is -0.496 e. The molecule has 0 bridgehead atoms. The average Bonchev–Trinajstić information content (AvgIpc) is 2.86. The van der Waals surface area contributed by atoms with Gasteiger partial charge in [0.25, 0.3) is 0 Å². The van der Waals surface area contributed by atoms with Crippen LogP contribution < -0.4 is 15.8 Å². The summed E-state index contributed by atoms with van der Waals surface area (Å²) in [5.41, 5.74) is 10.6. The van der Waals surface area contributed by atoms with E-state index in [2.05, 4.69) is 15.5 Å². The van der Waals surface area contributed by atoms with Crippen molar-refractivity contribution in [3.8, 4) is 5.75 Å². The Balaban J connectivity index is 1.96. The number of aryl methyl sites for hydroxylation is 1. The molecule has 1 heterocycles. The molecule has 5 heteroatoms. The van der Waals surface area contributed by atoms with Gasteiger partial charge >= 0.3 is 0 Å². The molecule has 0 unspecified atom stereocenters. The Kier molecular flexibility index (Phi) is 2.95. The summed E-state index contributed by atoms with van der Waals surface area (Å²) in [6.07, 6.45) is 1.76. The number of aromatic nitrogens is 2. The molecular formula is C15H16N4O. The highest BCUT2D eigenvalue weighted by Gasteiger charge is 2.05. The van der Waals surface area contributed by atoms with E-state index in [0.29, 0.717) is 5.69 Å². The Morgan fingerprint density at radius 1 is 1.25 bits per heavy atom. The van der Waals surface area contributed by atoms with Crippen LogP contribution in [0, 0.1) is 6.92 Å². The van der Waals surface area contributed by atoms with Gasteiger partial charge in [0.05, 0.1) is 30.2 Å². The molecule has 4 N–H and O–H groups in total. The zero-order valence-electron chi connectivity index (χ0n) is 11.4. The Labute approximate surface area is 116 Å². The van der Waals surface area contributed by atoms with E-state index in [4.69, 9.17) is 10.5 Å². The summed E-state index contributed by atoms with van der Waals surface area (Å²) >= 11 is 0. The van der Waals surface area contributed by atoms with Gasteiger partial charge in [0.1, 0.15) is 5.75 Å². The molecule has 0 spiro atoms. The molecule has 0 fully saturated rings. The maximum atomic E-state index is 6.06. The molecule has 20 heavy (non-hydrogen) atoms. The number of rotatable bonds is 3. The molecular weight excluding hydrogens is 252 g/mol. The Hall–Kier alpha value is -2.69. The molecule has 0 aliphatic carbocycles. The van der Waals surface area contributed by atoms with Gasteiger partial charge in [0.15, 0.2) is 0 Å². The first kappa shape index (κ1) is 12.3. The lowest BCUT2D eigenvalue weighted by atomic mass is 10.1. The Bertz CT molecular complexity index is 764. The van der Waals surface area contributed by atoms with Crippen molar-refractivity contribution in [3.63, 3.8) is 0 Å². The summed E-state index contributed by atoms with van der Waals surface area (Å²) < 4.78 is 5.26. The number of benzene rings is 2. The van der Waals surface area contributed by atoms with Crippen molar-refractivity contribution >= 4 is 28.0 Å². The number of ether oxygens (including phenoxy) is 1. The van der Waals surface area contributed by atoms with Crippen molar-refractivity contribution in [3.05, 3.63) is 42.1 Å². The van der Waals surface area contributed by atoms with Gasteiger partial charge in [-0.05, 0) is 42.8 Å². The van der Waals surface area contributed by atoms with Gasteiger partial charge in [-0.1, -0.05) is 0 Å². The first-order valence-corrected chi connectivity index (χ1v) is 6.31. The SMILES string of the molecule is COc1ccc(Nc2cc3[nH]ncc3cc2N)cc1C. The van der Waals surface area contributed by atoms with Crippen molar-refractivity contribution in [2.24, 2.45) is 0 Å². The number of hydrogen-bond acceptors (Lipinski definition) is 4. The second-order valence-electron chi connectivity index (χ2n) is 4.71. The van der Waals surface area contributed by atoms with Crippen LogP contribution in [0.2, 0.25) is 0 Å². The first-order chi connectivity index (χ1) is 9.67. The van der Waals surface area contributed by atoms with Crippen LogP contribution in [0.5, 0.6) is 5.75 Å². The van der Waals surface area contributed by atoms with Crippen LogP contribution in [0.3, 0.4) is 0 Å². The van der Waals surface area contributed by atoms with E-state index >= 15 is 0 Å². The maximum Gasteiger partial charge on any atom is 0.121 e. The van der Waals surface area contributed by atoms with Crippen LogP contribution >= 0.6 is 0 Å². The number of H-pyrrole nitrogens is 1. The van der Waals surface area contributed by atoms with E-state index in [1.807, 2.05) is 37.3 Å². The molecule has 1 aromatic heterocycles. The number of aromatic amines is 1. The monoisotopic (exact) mass is 268 g/mol. The van der Waals surface area contributed by atoms with Crippen molar-refractivity contribution < 1.29 is 4.74 Å². The minimum atomic E-state index is 0.687. The Morgan fingerprint density at radius 2 is 2.10 bits per heavy atom. The van der Waals surface area contributed by atoms with Crippen LogP contribution in [0.1, 0.15) is 5.56 Å². The standard InChI is InChI=1S/C15H16N4O/c1-9-5-11(3-4-15(9)20-2)18-14-7-13-10(6-12(14)16)8-17-19-13/h3-8,18H,16H2,1-2H3,(H,17,19). The van der Waals surface area contributed by atoms with Crippen LogP contribution in [-0.4, -0.2) is 17.3 Å². The smallest absolute Gasteiger partial charge is 0.121 e. The van der Waals surface area contributed by atoms with Gasteiger partial charge in [-0.3, -0.25) is 5.10 Å². The summed E-state index contributed by atoms with van der Waals surface area (Å²) in [5.74, 6) is 0.868. The van der Waals surface area contributed by atoms with Crippen molar-refractivity contribution in [1.82, 2.24) is 10.2 Å². The van der Waals surface area contributed by atoms with E-state index in [-0.39, 0.29) is 0 Å². The van der Waals surface area contributed by atoms with E-state index in [0.717, 1.165) is 33.6 Å². The largest absolute Gasteiger partial charge is 0.496 e. The van der Waals surface area contributed by atoms with E-state index in [9.17, 15) is 0 Å². The molecule has 0 radical (unpaired) electrons. The third-order valence-corrected chi connectivity index (χ3v) is 3.28. The Morgan fingerprint density at radius 3 is 2.85 bits per heavy atom. The predicted octanol–water partition coefficient (Wildman–Crippen LogP) is 3.21. The molecule has 3 rings (SSSR count). The highest BCUT2D eigenvalue weighted by Crippen LogP contribution is 2.29. The van der Waals surface area contributed by atoms with Gasteiger partial charge in [0.2, 0.25) is 0 Å². The fourth-order valence-electron chi connectivity index (χ4n) is 2.23. The molecule has 0 atom stereocenters. The summed E-state index contributed by atoms with van der Waals surface area (Å²) in [7, 11) is 1.67. The minimum absolute atomic E-state index is 0.687. The van der Waals surface area contributed by atoms with E-state index < -0.39 is 0 Å². The zero-order valence-corrected chi connectivity index (χ0v) is 11.4. The lowest BCUT2D eigenvalue weighted by Crippen LogP contribution is -1.97. The number of nitrogens with one attached hydrogen (secondary N) is 2. The normalized spacial score (nSPS) is 10.7. The number of methoxy groups -OCH3 is 1. The fraction of sp³-hybridized carbons (Fsp3) is 0.133. The molecule has 3 aromatic rings. The molecule has 0 aliphatic rings. The average molecular weight is 268 g/mol. The number of nitrogens with zero attached hydrogens (tertiary/aromatic N) is 1. The summed E-state index contributed by atoms with van der Waals surface area (Å²) in [4.78, 5) is 0. The number of anilines is 3. The lowest BCUT2D eigenvalue weighted by Gasteiger charge is -2.12. The van der Waals surface area contributed by atoms with Crippen LogP contribution in [-0.2, 0) is 0 Å². The first-order valence-electron chi connectivity index (χ1n) is 6.31. The highest BCUT2D eigenvalue weighted by molar-refractivity contribution is 5.90. The quantitative estimate of drug-likeness (QED) is 0.637. The van der Waals surface area contributed by atoms with Gasteiger partial charge in [-0.25, -0.2) is 0 Å². The maximum absolute atomic E-state index is 6.06. The van der Waals surface area contributed by atoms with Crippen molar-refractivity contribution in [2.75, 3.05) is 18.2 Å². The van der Waals surface area contributed by atoms with E-state index in [1.165, 1.54) is 0 Å². The van der Waals surface area contributed by atoms with Crippen LogP contribution in [0.15, 0.2) is 36.5 Å². The number of nitrogens with two attached hydrogens (primary N) is 1. The predicted molar refractivity (Wildman–Crippen MR) is 81.5 cm³/mol. The molecule has 2 aromatic carbocycles. The van der Waals surface area contributed by atoms with Gasteiger partial charge in [-0.15, -0.1) is 0 Å². The topological polar surface area (TPSA) is 76.0 Å². The third kappa shape index (κ3) is 2.14. The molecule has 0 amide bonds. The number of hydrogen-bond donors (Lipinski definition) is 3. The van der Waals surface area contributed by atoms with Gasteiger partial charge in [-0.2, -0.15) is 5.10 Å². The van der Waals surface area contributed by atoms with Crippen LogP contribution in [0.25, 0.3) is 10.9 Å². The summed E-state index contributed by atoms with van der Waals surface area (Å²) in [6.45, 7) is 2.01. The molecule has 0 aliphatic heterocycles. The zero-order chi connectivity index (χ0) is 14.1. The molecule has 0 saturated carbocycles. The lowest BCUT2D eigenvalue weighted by molar-refractivity contribution is 0.412. The van der Waals surface area contributed by atoms with Crippen molar-refractivity contribution in [1.29, 1.82) is 0 Å².